The van der Waals surface area contributed by atoms with Crippen molar-refractivity contribution in [3.63, 3.8) is 0 Å². The topological polar surface area (TPSA) is 32.9 Å². The molecule has 3 rings (SSSR count). The Morgan fingerprint density at radius 2 is 2.21 bits per heavy atom. The smallest absolute Gasteiger partial charge is 0.168 e. The Balaban J connectivity index is 2.03. The average molecular weight is 276 g/mol. The highest BCUT2D eigenvalue weighted by Gasteiger charge is 2.40. The maximum Gasteiger partial charge on any atom is 0.168 e. The zero-order chi connectivity index (χ0) is 13.6. The summed E-state index contributed by atoms with van der Waals surface area (Å²) < 4.78 is 0. The Morgan fingerprint density at radius 3 is 2.89 bits per heavy atom. The Bertz CT molecular complexity index is 641. The molecule has 1 aromatic carbocycles. The lowest BCUT2D eigenvalue weighted by atomic mass is 9.78. The van der Waals surface area contributed by atoms with Crippen molar-refractivity contribution in [1.29, 1.82) is 0 Å². The minimum absolute atomic E-state index is 0.118. The van der Waals surface area contributed by atoms with Gasteiger partial charge in [-0.15, -0.1) is 0 Å². The summed E-state index contributed by atoms with van der Waals surface area (Å²) in [6, 6.07) is 5.64. The molecule has 0 radical (unpaired) electrons. The van der Waals surface area contributed by atoms with E-state index in [9.17, 15) is 4.79 Å². The first-order valence-electron chi connectivity index (χ1n) is 6.80. The normalized spacial score (nSPS) is 21.9. The number of H-pyrrole nitrogens is 1. The zero-order valence-electron chi connectivity index (χ0n) is 11.3. The fourth-order valence-electron chi connectivity index (χ4n) is 3.30. The standard InChI is InChI=1S/C16H18ClNO/c1-16(2)7-3-4-13(16)15(19)12-9-18-14-8-10(17)5-6-11(12)14/h5-6,8-9,13,18H,3-4,7H2,1-2H3. The molecule has 2 nitrogen and oxygen atoms in total. The van der Waals surface area contributed by atoms with Gasteiger partial charge in [-0.2, -0.15) is 0 Å². The van der Waals surface area contributed by atoms with Gasteiger partial charge in [0.05, 0.1) is 0 Å². The predicted molar refractivity (Wildman–Crippen MR) is 78.8 cm³/mol. The molecule has 0 saturated heterocycles. The number of aromatic amines is 1. The molecule has 1 atom stereocenters. The molecule has 3 heteroatoms. The lowest BCUT2D eigenvalue weighted by molar-refractivity contribution is 0.0841. The van der Waals surface area contributed by atoms with E-state index in [1.807, 2.05) is 24.4 Å². The molecular weight excluding hydrogens is 258 g/mol. The van der Waals surface area contributed by atoms with Crippen molar-refractivity contribution in [1.82, 2.24) is 4.98 Å². The van der Waals surface area contributed by atoms with Crippen LogP contribution in [0.2, 0.25) is 5.02 Å². The highest BCUT2D eigenvalue weighted by Crippen LogP contribution is 2.44. The van der Waals surface area contributed by atoms with Crippen molar-refractivity contribution in [2.24, 2.45) is 11.3 Å². The van der Waals surface area contributed by atoms with Gasteiger partial charge in [0.1, 0.15) is 0 Å². The predicted octanol–water partition coefficient (Wildman–Crippen LogP) is 4.83. The highest BCUT2D eigenvalue weighted by atomic mass is 35.5. The molecule has 1 fully saturated rings. The molecule has 2 aromatic rings. The monoisotopic (exact) mass is 275 g/mol. The van der Waals surface area contributed by atoms with Crippen molar-refractivity contribution < 1.29 is 4.79 Å². The summed E-state index contributed by atoms with van der Waals surface area (Å²) in [6.07, 6.45) is 5.12. The highest BCUT2D eigenvalue weighted by molar-refractivity contribution is 6.31. The first-order valence-corrected chi connectivity index (χ1v) is 7.18. The molecule has 100 valence electrons. The van der Waals surface area contributed by atoms with Crippen LogP contribution in [0.25, 0.3) is 10.9 Å². The molecule has 0 amide bonds. The van der Waals surface area contributed by atoms with E-state index < -0.39 is 0 Å². The van der Waals surface area contributed by atoms with Crippen LogP contribution in [-0.2, 0) is 0 Å². The summed E-state index contributed by atoms with van der Waals surface area (Å²) in [4.78, 5) is 15.9. The Morgan fingerprint density at radius 1 is 1.42 bits per heavy atom. The molecule has 1 heterocycles. The number of fused-ring (bicyclic) bond motifs is 1. The van der Waals surface area contributed by atoms with E-state index in [0.29, 0.717) is 5.02 Å². The maximum atomic E-state index is 12.8. The molecule has 1 aliphatic rings. The van der Waals surface area contributed by atoms with E-state index in [1.54, 1.807) is 0 Å². The number of halogens is 1. The van der Waals surface area contributed by atoms with Gasteiger partial charge in [-0.1, -0.05) is 37.9 Å². The number of hydrogen-bond donors (Lipinski definition) is 1. The second kappa shape index (κ2) is 4.38. The molecular formula is C16H18ClNO. The van der Waals surface area contributed by atoms with Crippen LogP contribution in [-0.4, -0.2) is 10.8 Å². The van der Waals surface area contributed by atoms with Crippen molar-refractivity contribution in [3.8, 4) is 0 Å². The SMILES string of the molecule is CC1(C)CCCC1C(=O)c1c[nH]c2cc(Cl)ccc12. The molecule has 1 aliphatic carbocycles. The van der Waals surface area contributed by atoms with Crippen LogP contribution in [0.3, 0.4) is 0 Å². The summed E-state index contributed by atoms with van der Waals surface area (Å²) >= 11 is 5.97. The summed E-state index contributed by atoms with van der Waals surface area (Å²) in [6.45, 7) is 4.41. The van der Waals surface area contributed by atoms with Gasteiger partial charge in [0, 0.05) is 33.6 Å². The number of hydrogen-bond acceptors (Lipinski definition) is 1. The molecule has 19 heavy (non-hydrogen) atoms. The van der Waals surface area contributed by atoms with Crippen LogP contribution in [0.4, 0.5) is 0 Å². The number of carbonyl (C=O) groups excluding carboxylic acids is 1. The van der Waals surface area contributed by atoms with Crippen LogP contribution in [0.5, 0.6) is 0 Å². The first-order chi connectivity index (χ1) is 8.99. The van der Waals surface area contributed by atoms with E-state index >= 15 is 0 Å². The fourth-order valence-corrected chi connectivity index (χ4v) is 3.47. The third kappa shape index (κ3) is 2.08. The van der Waals surface area contributed by atoms with E-state index in [-0.39, 0.29) is 17.1 Å². The van der Waals surface area contributed by atoms with E-state index in [1.165, 1.54) is 0 Å². The number of benzene rings is 1. The molecule has 1 N–H and O–H groups in total. The molecule has 0 spiro atoms. The minimum Gasteiger partial charge on any atom is -0.360 e. The summed E-state index contributed by atoms with van der Waals surface area (Å²) in [7, 11) is 0. The Kier molecular flexibility index (Phi) is 2.94. The van der Waals surface area contributed by atoms with Crippen molar-refractivity contribution in [3.05, 3.63) is 35.0 Å². The number of aromatic nitrogens is 1. The second-order valence-electron chi connectivity index (χ2n) is 6.19. The van der Waals surface area contributed by atoms with Gasteiger partial charge in [0.2, 0.25) is 0 Å². The van der Waals surface area contributed by atoms with Crippen LogP contribution < -0.4 is 0 Å². The van der Waals surface area contributed by atoms with Gasteiger partial charge < -0.3 is 4.98 Å². The summed E-state index contributed by atoms with van der Waals surface area (Å²) in [5.74, 6) is 0.415. The molecule has 0 aliphatic heterocycles. The van der Waals surface area contributed by atoms with Gasteiger partial charge in [-0.25, -0.2) is 0 Å². The second-order valence-corrected chi connectivity index (χ2v) is 6.63. The quantitative estimate of drug-likeness (QED) is 0.782. The van der Waals surface area contributed by atoms with Crippen molar-refractivity contribution in [2.75, 3.05) is 0 Å². The summed E-state index contributed by atoms with van der Waals surface area (Å²) in [5, 5.41) is 1.67. The van der Waals surface area contributed by atoms with Crippen LogP contribution >= 0.6 is 11.6 Å². The molecule has 1 saturated carbocycles. The molecule has 1 aromatic heterocycles. The van der Waals surface area contributed by atoms with Gasteiger partial charge in [-0.3, -0.25) is 4.79 Å². The van der Waals surface area contributed by atoms with E-state index in [2.05, 4.69) is 18.8 Å². The number of carbonyl (C=O) groups is 1. The maximum absolute atomic E-state index is 12.8. The first kappa shape index (κ1) is 12.7. The molecule has 0 bridgehead atoms. The third-order valence-corrected chi connectivity index (χ3v) is 4.72. The van der Waals surface area contributed by atoms with Gasteiger partial charge >= 0.3 is 0 Å². The number of nitrogens with one attached hydrogen (secondary N) is 1. The van der Waals surface area contributed by atoms with E-state index in [0.717, 1.165) is 35.7 Å². The van der Waals surface area contributed by atoms with Crippen LogP contribution in [0.1, 0.15) is 43.5 Å². The lowest BCUT2D eigenvalue weighted by Crippen LogP contribution is -2.25. The lowest BCUT2D eigenvalue weighted by Gasteiger charge is -2.25. The van der Waals surface area contributed by atoms with Crippen molar-refractivity contribution in [2.45, 2.75) is 33.1 Å². The average Bonchev–Trinajstić information content (AvgIpc) is 2.90. The van der Waals surface area contributed by atoms with Crippen LogP contribution in [0.15, 0.2) is 24.4 Å². The van der Waals surface area contributed by atoms with Crippen molar-refractivity contribution >= 4 is 28.3 Å². The van der Waals surface area contributed by atoms with E-state index in [4.69, 9.17) is 11.6 Å². The summed E-state index contributed by atoms with van der Waals surface area (Å²) in [5.41, 5.74) is 1.87. The van der Waals surface area contributed by atoms with Crippen LogP contribution in [0, 0.1) is 11.3 Å². The van der Waals surface area contributed by atoms with Gasteiger partial charge in [0.15, 0.2) is 5.78 Å². The van der Waals surface area contributed by atoms with Gasteiger partial charge in [0.25, 0.3) is 0 Å². The Hall–Kier alpha value is -1.28. The number of Topliss-reactive ketones (excluding diaryl/α,β-unsaturated/α-hetero) is 1. The molecule has 1 unspecified atom stereocenters. The number of rotatable bonds is 2. The third-order valence-electron chi connectivity index (χ3n) is 4.48. The number of ketones is 1. The van der Waals surface area contributed by atoms with Gasteiger partial charge in [-0.05, 0) is 30.4 Å². The zero-order valence-corrected chi connectivity index (χ0v) is 12.1. The Labute approximate surface area is 118 Å². The fraction of sp³-hybridized carbons (Fsp3) is 0.438. The minimum atomic E-state index is 0.118. The largest absolute Gasteiger partial charge is 0.360 e.